The van der Waals surface area contributed by atoms with E-state index in [0.717, 1.165) is 18.5 Å². The summed E-state index contributed by atoms with van der Waals surface area (Å²) < 4.78 is 0. The van der Waals surface area contributed by atoms with E-state index in [0.29, 0.717) is 5.54 Å². The topological polar surface area (TPSA) is 29.3 Å². The smallest absolute Gasteiger partial charge is 0.0432 e. The molecule has 2 aliphatic rings. The zero-order valence-electron chi connectivity index (χ0n) is 10.0. The number of rotatable bonds is 3. The van der Waals surface area contributed by atoms with E-state index < -0.39 is 0 Å². The van der Waals surface area contributed by atoms with Gasteiger partial charge >= 0.3 is 0 Å². The molecule has 0 radical (unpaired) electrons. The molecule has 0 aromatic rings. The molecule has 0 amide bonds. The van der Waals surface area contributed by atoms with E-state index in [4.69, 9.17) is 5.73 Å². The normalized spacial score (nSPS) is 38.0. The molecule has 2 heterocycles. The molecule has 0 aliphatic carbocycles. The molecule has 3 heteroatoms. The molecule has 2 unspecified atom stereocenters. The second kappa shape index (κ2) is 4.64. The summed E-state index contributed by atoms with van der Waals surface area (Å²) >= 11 is 2.08. The van der Waals surface area contributed by atoms with Crippen molar-refractivity contribution in [3.8, 4) is 0 Å². The third-order valence-electron chi connectivity index (χ3n) is 4.14. The highest BCUT2D eigenvalue weighted by atomic mass is 32.2. The van der Waals surface area contributed by atoms with Crippen molar-refractivity contribution in [1.82, 2.24) is 4.90 Å². The van der Waals surface area contributed by atoms with Gasteiger partial charge in [-0.15, -0.1) is 0 Å². The zero-order valence-corrected chi connectivity index (χ0v) is 10.9. The van der Waals surface area contributed by atoms with Crippen LogP contribution in [0.15, 0.2) is 0 Å². The number of nitrogens with zero attached hydrogens (tertiary/aromatic N) is 1. The Labute approximate surface area is 98.0 Å². The highest BCUT2D eigenvalue weighted by molar-refractivity contribution is 7.99. The maximum absolute atomic E-state index is 6.06. The fourth-order valence-corrected chi connectivity index (χ4v) is 4.65. The lowest BCUT2D eigenvalue weighted by atomic mass is 9.92. The number of hydrogen-bond acceptors (Lipinski definition) is 3. The summed E-state index contributed by atoms with van der Waals surface area (Å²) in [4.78, 5) is 2.75. The molecule has 0 aromatic carbocycles. The molecule has 0 spiro atoms. The van der Waals surface area contributed by atoms with Crippen molar-refractivity contribution in [2.24, 2.45) is 11.7 Å². The molecule has 0 bridgehead atoms. The predicted molar refractivity (Wildman–Crippen MR) is 68.3 cm³/mol. The monoisotopic (exact) mass is 228 g/mol. The zero-order chi connectivity index (χ0) is 10.9. The summed E-state index contributed by atoms with van der Waals surface area (Å²) in [5, 5.41) is 0. The predicted octanol–water partition coefficient (Wildman–Crippen LogP) is 1.94. The lowest BCUT2D eigenvalue weighted by molar-refractivity contribution is 0.0792. The fraction of sp³-hybridized carbons (Fsp3) is 1.00. The molecule has 2 fully saturated rings. The van der Waals surface area contributed by atoms with Gasteiger partial charge in [0.15, 0.2) is 0 Å². The van der Waals surface area contributed by atoms with Crippen LogP contribution in [0.4, 0.5) is 0 Å². The van der Waals surface area contributed by atoms with Crippen LogP contribution in [0.1, 0.15) is 33.1 Å². The molecule has 15 heavy (non-hydrogen) atoms. The maximum Gasteiger partial charge on any atom is 0.0432 e. The van der Waals surface area contributed by atoms with E-state index in [1.807, 2.05) is 0 Å². The molecule has 2 N–H and O–H groups in total. The molecule has 2 nitrogen and oxygen atoms in total. The van der Waals surface area contributed by atoms with Gasteiger partial charge < -0.3 is 5.73 Å². The Morgan fingerprint density at radius 3 is 2.87 bits per heavy atom. The molecular weight excluding hydrogens is 204 g/mol. The van der Waals surface area contributed by atoms with Gasteiger partial charge in [-0.1, -0.05) is 13.8 Å². The Kier molecular flexibility index (Phi) is 3.63. The minimum Gasteiger partial charge on any atom is -0.329 e. The van der Waals surface area contributed by atoms with Crippen molar-refractivity contribution < 1.29 is 0 Å². The quantitative estimate of drug-likeness (QED) is 0.800. The molecular formula is C12H24N2S. The third kappa shape index (κ3) is 2.06. The van der Waals surface area contributed by atoms with Gasteiger partial charge in [-0.25, -0.2) is 0 Å². The van der Waals surface area contributed by atoms with Gasteiger partial charge in [0.1, 0.15) is 0 Å². The molecule has 0 saturated carbocycles. The summed E-state index contributed by atoms with van der Waals surface area (Å²) in [7, 11) is 0. The van der Waals surface area contributed by atoms with Crippen LogP contribution < -0.4 is 5.73 Å². The summed E-state index contributed by atoms with van der Waals surface area (Å²) in [5.41, 5.74) is 6.40. The average molecular weight is 228 g/mol. The van der Waals surface area contributed by atoms with Gasteiger partial charge in [-0.3, -0.25) is 4.90 Å². The highest BCUT2D eigenvalue weighted by Gasteiger charge is 2.44. The summed E-state index contributed by atoms with van der Waals surface area (Å²) in [5.74, 6) is 3.34. The first-order chi connectivity index (χ1) is 7.19. The molecule has 2 aliphatic heterocycles. The number of nitrogens with two attached hydrogens (primary N) is 1. The van der Waals surface area contributed by atoms with Gasteiger partial charge in [-0.05, 0) is 37.5 Å². The standard InChI is InChI=1S/C12H24N2S/c1-10(2)11-4-3-6-14(11)12(8-13)5-7-15-9-12/h10-11H,3-9,13H2,1-2H3. The van der Waals surface area contributed by atoms with Crippen LogP contribution in [0.2, 0.25) is 0 Å². The van der Waals surface area contributed by atoms with Gasteiger partial charge in [0, 0.05) is 23.9 Å². The van der Waals surface area contributed by atoms with Crippen molar-refractivity contribution in [1.29, 1.82) is 0 Å². The summed E-state index contributed by atoms with van der Waals surface area (Å²) in [6.07, 6.45) is 4.05. The molecule has 88 valence electrons. The van der Waals surface area contributed by atoms with Crippen LogP contribution in [-0.2, 0) is 0 Å². The Morgan fingerprint density at radius 2 is 2.33 bits per heavy atom. The van der Waals surface area contributed by atoms with Gasteiger partial charge in [0.05, 0.1) is 0 Å². The van der Waals surface area contributed by atoms with E-state index in [1.54, 1.807) is 0 Å². The lowest BCUT2D eigenvalue weighted by Gasteiger charge is -2.42. The molecule has 0 aromatic heterocycles. The van der Waals surface area contributed by atoms with Crippen LogP contribution in [-0.4, -0.2) is 41.1 Å². The summed E-state index contributed by atoms with van der Waals surface area (Å²) in [6.45, 7) is 6.84. The second-order valence-corrected chi connectivity index (χ2v) is 6.48. The third-order valence-corrected chi connectivity index (χ3v) is 5.37. The highest BCUT2D eigenvalue weighted by Crippen LogP contribution is 2.39. The van der Waals surface area contributed by atoms with E-state index in [1.165, 1.54) is 37.3 Å². The van der Waals surface area contributed by atoms with Crippen LogP contribution in [0.25, 0.3) is 0 Å². The van der Waals surface area contributed by atoms with Crippen LogP contribution in [0.3, 0.4) is 0 Å². The van der Waals surface area contributed by atoms with Crippen molar-refractivity contribution >= 4 is 11.8 Å². The first-order valence-corrected chi connectivity index (χ1v) is 7.40. The molecule has 2 rings (SSSR count). The van der Waals surface area contributed by atoms with Crippen LogP contribution >= 0.6 is 11.8 Å². The van der Waals surface area contributed by atoms with Crippen molar-refractivity contribution in [3.63, 3.8) is 0 Å². The van der Waals surface area contributed by atoms with E-state index in [-0.39, 0.29) is 0 Å². The lowest BCUT2D eigenvalue weighted by Crippen LogP contribution is -2.57. The van der Waals surface area contributed by atoms with E-state index in [9.17, 15) is 0 Å². The van der Waals surface area contributed by atoms with Gasteiger partial charge in [0.25, 0.3) is 0 Å². The SMILES string of the molecule is CC(C)C1CCCN1C1(CN)CCSC1. The maximum atomic E-state index is 6.06. The Balaban J connectivity index is 2.13. The minimum absolute atomic E-state index is 0.343. The average Bonchev–Trinajstić information content (AvgIpc) is 2.87. The Morgan fingerprint density at radius 1 is 1.53 bits per heavy atom. The van der Waals surface area contributed by atoms with E-state index >= 15 is 0 Å². The van der Waals surface area contributed by atoms with Gasteiger partial charge in [-0.2, -0.15) is 11.8 Å². The summed E-state index contributed by atoms with van der Waals surface area (Å²) in [6, 6.07) is 0.784. The fourth-order valence-electron chi connectivity index (χ4n) is 3.18. The second-order valence-electron chi connectivity index (χ2n) is 5.38. The number of hydrogen-bond donors (Lipinski definition) is 1. The first-order valence-electron chi connectivity index (χ1n) is 6.24. The van der Waals surface area contributed by atoms with E-state index in [2.05, 4.69) is 30.5 Å². The Hall–Kier alpha value is 0.270. The largest absolute Gasteiger partial charge is 0.329 e. The minimum atomic E-state index is 0.343. The molecule has 2 saturated heterocycles. The number of thioether (sulfide) groups is 1. The van der Waals surface area contributed by atoms with Crippen LogP contribution in [0, 0.1) is 5.92 Å². The van der Waals surface area contributed by atoms with Crippen molar-refractivity contribution in [2.75, 3.05) is 24.6 Å². The van der Waals surface area contributed by atoms with Crippen LogP contribution in [0.5, 0.6) is 0 Å². The van der Waals surface area contributed by atoms with Crippen molar-refractivity contribution in [3.05, 3.63) is 0 Å². The van der Waals surface area contributed by atoms with Gasteiger partial charge in [0.2, 0.25) is 0 Å². The van der Waals surface area contributed by atoms with Crippen molar-refractivity contribution in [2.45, 2.75) is 44.7 Å². The molecule has 2 atom stereocenters. The number of likely N-dealkylation sites (tertiary alicyclic amines) is 1. The first kappa shape index (κ1) is 11.7. The Bertz CT molecular complexity index is 212.